The fourth-order valence-corrected chi connectivity index (χ4v) is 1.38. The summed E-state index contributed by atoms with van der Waals surface area (Å²) >= 11 is 5.71. The first-order chi connectivity index (χ1) is 8.04. The number of likely N-dealkylation sites (N-methyl/N-ethyl adjacent to an activating group) is 1. The van der Waals surface area contributed by atoms with Crippen LogP contribution in [0.1, 0.15) is 17.3 Å². The van der Waals surface area contributed by atoms with Gasteiger partial charge in [-0.25, -0.2) is 9.37 Å². The van der Waals surface area contributed by atoms with E-state index in [4.69, 9.17) is 11.6 Å². The Morgan fingerprint density at radius 3 is 3.00 bits per heavy atom. The third-order valence-electron chi connectivity index (χ3n) is 2.37. The second-order valence-corrected chi connectivity index (χ2v) is 4.00. The molecular formula is C11H15ClFN3O. The number of rotatable bonds is 5. The van der Waals surface area contributed by atoms with Crippen molar-refractivity contribution in [2.75, 3.05) is 26.7 Å². The fourth-order valence-electron chi connectivity index (χ4n) is 1.20. The van der Waals surface area contributed by atoms with E-state index in [9.17, 15) is 9.18 Å². The zero-order chi connectivity index (χ0) is 12.8. The third-order valence-corrected chi connectivity index (χ3v) is 2.67. The van der Waals surface area contributed by atoms with Gasteiger partial charge in [0.25, 0.3) is 5.91 Å². The minimum absolute atomic E-state index is 0.00717. The second-order valence-electron chi connectivity index (χ2n) is 3.64. The van der Waals surface area contributed by atoms with Crippen molar-refractivity contribution in [3.8, 4) is 0 Å². The molecule has 1 aromatic rings. The molecule has 0 aliphatic rings. The van der Waals surface area contributed by atoms with Crippen LogP contribution >= 0.6 is 11.6 Å². The molecule has 1 rings (SSSR count). The van der Waals surface area contributed by atoms with Crippen molar-refractivity contribution in [3.05, 3.63) is 28.8 Å². The molecule has 94 valence electrons. The van der Waals surface area contributed by atoms with Gasteiger partial charge in [-0.05, 0) is 19.7 Å². The minimum Gasteiger partial charge on any atom is -0.351 e. The molecule has 0 saturated heterocycles. The van der Waals surface area contributed by atoms with Gasteiger partial charge in [0.05, 0.1) is 11.8 Å². The number of carbonyl (C=O) groups excluding carboxylic acids is 1. The van der Waals surface area contributed by atoms with E-state index in [1.165, 1.54) is 0 Å². The van der Waals surface area contributed by atoms with Crippen LogP contribution < -0.4 is 5.32 Å². The SMILES string of the molecule is CCN(C)CCNC(=O)c1cc(F)cnc1Cl. The summed E-state index contributed by atoms with van der Waals surface area (Å²) in [5.74, 6) is -0.989. The van der Waals surface area contributed by atoms with E-state index < -0.39 is 11.7 Å². The van der Waals surface area contributed by atoms with Crippen molar-refractivity contribution < 1.29 is 9.18 Å². The molecule has 0 aliphatic heterocycles. The number of nitrogens with zero attached hydrogens (tertiary/aromatic N) is 2. The summed E-state index contributed by atoms with van der Waals surface area (Å²) in [7, 11) is 1.95. The van der Waals surface area contributed by atoms with Crippen molar-refractivity contribution in [3.63, 3.8) is 0 Å². The molecule has 0 saturated carbocycles. The van der Waals surface area contributed by atoms with Gasteiger partial charge < -0.3 is 10.2 Å². The molecule has 1 aromatic heterocycles. The van der Waals surface area contributed by atoms with Crippen molar-refractivity contribution >= 4 is 17.5 Å². The van der Waals surface area contributed by atoms with E-state index in [1.807, 2.05) is 18.9 Å². The number of amides is 1. The lowest BCUT2D eigenvalue weighted by Gasteiger charge is -2.14. The average Bonchev–Trinajstić information content (AvgIpc) is 2.31. The monoisotopic (exact) mass is 259 g/mol. The molecule has 0 aliphatic carbocycles. The largest absolute Gasteiger partial charge is 0.351 e. The summed E-state index contributed by atoms with van der Waals surface area (Å²) in [6.45, 7) is 4.13. The zero-order valence-corrected chi connectivity index (χ0v) is 10.6. The van der Waals surface area contributed by atoms with Crippen LogP contribution in [0.4, 0.5) is 4.39 Å². The maximum absolute atomic E-state index is 12.9. The Hall–Kier alpha value is -1.20. The first-order valence-corrected chi connectivity index (χ1v) is 5.70. The van der Waals surface area contributed by atoms with Gasteiger partial charge in [0.2, 0.25) is 0 Å². The fraction of sp³-hybridized carbons (Fsp3) is 0.455. The number of nitrogens with one attached hydrogen (secondary N) is 1. The van der Waals surface area contributed by atoms with Crippen molar-refractivity contribution in [1.29, 1.82) is 0 Å². The Morgan fingerprint density at radius 2 is 2.35 bits per heavy atom. The predicted octanol–water partition coefficient (Wildman–Crippen LogP) is 1.56. The molecular weight excluding hydrogens is 245 g/mol. The lowest BCUT2D eigenvalue weighted by atomic mass is 10.2. The maximum Gasteiger partial charge on any atom is 0.254 e. The van der Waals surface area contributed by atoms with E-state index in [-0.39, 0.29) is 10.7 Å². The highest BCUT2D eigenvalue weighted by Crippen LogP contribution is 2.13. The Morgan fingerprint density at radius 1 is 1.65 bits per heavy atom. The molecule has 0 spiro atoms. The Kier molecular flexibility index (Phi) is 5.31. The molecule has 1 N–H and O–H groups in total. The van der Waals surface area contributed by atoms with E-state index in [1.54, 1.807) is 0 Å². The Bertz CT molecular complexity index is 400. The first-order valence-electron chi connectivity index (χ1n) is 5.32. The Labute approximate surface area is 105 Å². The van der Waals surface area contributed by atoms with Gasteiger partial charge in [-0.15, -0.1) is 0 Å². The molecule has 0 unspecified atom stereocenters. The average molecular weight is 260 g/mol. The molecule has 0 radical (unpaired) electrons. The minimum atomic E-state index is -0.578. The molecule has 4 nitrogen and oxygen atoms in total. The Balaban J connectivity index is 2.55. The van der Waals surface area contributed by atoms with Crippen molar-refractivity contribution in [2.45, 2.75) is 6.92 Å². The topological polar surface area (TPSA) is 45.2 Å². The van der Waals surface area contributed by atoms with Gasteiger partial charge in [0, 0.05) is 13.1 Å². The van der Waals surface area contributed by atoms with Crippen LogP contribution in [-0.2, 0) is 0 Å². The summed E-state index contributed by atoms with van der Waals surface area (Å²) in [4.78, 5) is 17.3. The van der Waals surface area contributed by atoms with Crippen LogP contribution in [0.5, 0.6) is 0 Å². The number of halogens is 2. The predicted molar refractivity (Wildman–Crippen MR) is 64.7 cm³/mol. The molecule has 0 aromatic carbocycles. The summed E-state index contributed by atoms with van der Waals surface area (Å²) in [6, 6.07) is 1.08. The molecule has 0 atom stereocenters. The highest BCUT2D eigenvalue weighted by Gasteiger charge is 2.12. The van der Waals surface area contributed by atoms with E-state index in [0.29, 0.717) is 6.54 Å². The lowest BCUT2D eigenvalue weighted by molar-refractivity contribution is 0.0949. The molecule has 0 bridgehead atoms. The highest BCUT2D eigenvalue weighted by atomic mass is 35.5. The van der Waals surface area contributed by atoms with Crippen LogP contribution in [-0.4, -0.2) is 42.5 Å². The second kappa shape index (κ2) is 6.51. The smallest absolute Gasteiger partial charge is 0.254 e. The molecule has 17 heavy (non-hydrogen) atoms. The van der Waals surface area contributed by atoms with E-state index >= 15 is 0 Å². The van der Waals surface area contributed by atoms with Crippen molar-refractivity contribution in [2.24, 2.45) is 0 Å². The molecule has 1 amide bonds. The third kappa shape index (κ3) is 4.28. The van der Waals surface area contributed by atoms with E-state index in [0.717, 1.165) is 25.4 Å². The number of pyridine rings is 1. The molecule has 0 fully saturated rings. The van der Waals surface area contributed by atoms with E-state index in [2.05, 4.69) is 10.3 Å². The number of hydrogen-bond donors (Lipinski definition) is 1. The maximum atomic E-state index is 12.9. The first kappa shape index (κ1) is 13.9. The van der Waals surface area contributed by atoms with Gasteiger partial charge in [0.15, 0.2) is 0 Å². The summed E-state index contributed by atoms with van der Waals surface area (Å²) in [6.07, 6.45) is 0.976. The summed E-state index contributed by atoms with van der Waals surface area (Å²) in [5.41, 5.74) is 0.0609. The summed E-state index contributed by atoms with van der Waals surface area (Å²) < 4.78 is 12.9. The van der Waals surface area contributed by atoms with Crippen LogP contribution in [0.3, 0.4) is 0 Å². The van der Waals surface area contributed by atoms with Gasteiger partial charge in [-0.2, -0.15) is 0 Å². The molecule has 1 heterocycles. The normalized spacial score (nSPS) is 10.6. The highest BCUT2D eigenvalue weighted by molar-refractivity contribution is 6.32. The van der Waals surface area contributed by atoms with Gasteiger partial charge >= 0.3 is 0 Å². The number of carbonyl (C=O) groups is 1. The lowest BCUT2D eigenvalue weighted by Crippen LogP contribution is -2.33. The van der Waals surface area contributed by atoms with Crippen LogP contribution in [0, 0.1) is 5.82 Å². The van der Waals surface area contributed by atoms with Gasteiger partial charge in [-0.3, -0.25) is 4.79 Å². The number of hydrogen-bond acceptors (Lipinski definition) is 3. The zero-order valence-electron chi connectivity index (χ0n) is 9.83. The van der Waals surface area contributed by atoms with Gasteiger partial charge in [-0.1, -0.05) is 18.5 Å². The van der Waals surface area contributed by atoms with Crippen LogP contribution in [0.2, 0.25) is 5.15 Å². The number of aromatic nitrogens is 1. The summed E-state index contributed by atoms with van der Waals surface area (Å²) in [5, 5.41) is 2.67. The van der Waals surface area contributed by atoms with Crippen LogP contribution in [0.15, 0.2) is 12.3 Å². The quantitative estimate of drug-likeness (QED) is 0.817. The molecule has 6 heteroatoms. The standard InChI is InChI=1S/C11H15ClFN3O/c1-3-16(2)5-4-14-11(17)9-6-8(13)7-15-10(9)12/h6-7H,3-5H2,1-2H3,(H,14,17). The van der Waals surface area contributed by atoms with Crippen molar-refractivity contribution in [1.82, 2.24) is 15.2 Å². The van der Waals surface area contributed by atoms with Gasteiger partial charge in [0.1, 0.15) is 11.0 Å². The van der Waals surface area contributed by atoms with Crippen LogP contribution in [0.25, 0.3) is 0 Å².